The predicted molar refractivity (Wildman–Crippen MR) is 149 cm³/mol. The molecule has 7 nitrogen and oxygen atoms in total. The van der Waals surface area contributed by atoms with Crippen LogP contribution in [-0.4, -0.2) is 60.5 Å². The van der Waals surface area contributed by atoms with Crippen molar-refractivity contribution in [2.45, 2.75) is 32.4 Å². The topological polar surface area (TPSA) is 83.4 Å². The van der Waals surface area contributed by atoms with Gasteiger partial charge in [0.1, 0.15) is 11.8 Å². The van der Waals surface area contributed by atoms with E-state index in [1.165, 1.54) is 11.6 Å². The minimum atomic E-state index is 0.187. The molecule has 1 aromatic carbocycles. The van der Waals surface area contributed by atoms with Crippen LogP contribution in [0.2, 0.25) is 0 Å². The molecule has 0 spiro atoms. The zero-order valence-electron chi connectivity index (χ0n) is 21.9. The first-order chi connectivity index (χ1) is 18.7. The fourth-order valence-electron chi connectivity index (χ4n) is 4.91. The smallest absolute Gasteiger partial charge is 0.138 e. The molecule has 5 rings (SSSR count). The molecule has 0 atom stereocenters. The highest BCUT2D eigenvalue weighted by Crippen LogP contribution is 2.30. The Morgan fingerprint density at radius 1 is 1.11 bits per heavy atom. The normalized spacial score (nSPS) is 18.2. The van der Waals surface area contributed by atoms with Gasteiger partial charge < -0.3 is 19.2 Å². The van der Waals surface area contributed by atoms with Crippen LogP contribution in [0, 0.1) is 11.3 Å². The summed E-state index contributed by atoms with van der Waals surface area (Å²) in [5.74, 6) is 0.844. The summed E-state index contributed by atoms with van der Waals surface area (Å²) in [6, 6.07) is 14.9. The summed E-state index contributed by atoms with van der Waals surface area (Å²) in [6.07, 6.45) is 11.1. The quantitative estimate of drug-likeness (QED) is 0.240. The molecule has 0 amide bonds. The van der Waals surface area contributed by atoms with E-state index in [1.807, 2.05) is 31.2 Å². The van der Waals surface area contributed by atoms with Crippen LogP contribution < -0.4 is 0 Å². The highest BCUT2D eigenvalue weighted by atomic mass is 16.5. The number of benzene rings is 1. The van der Waals surface area contributed by atoms with E-state index in [-0.39, 0.29) is 6.10 Å². The van der Waals surface area contributed by atoms with Crippen LogP contribution in [0.25, 0.3) is 27.9 Å². The Morgan fingerprint density at radius 3 is 2.63 bits per heavy atom. The van der Waals surface area contributed by atoms with E-state index in [0.29, 0.717) is 0 Å². The molecule has 3 aromatic rings. The van der Waals surface area contributed by atoms with Crippen LogP contribution in [0.1, 0.15) is 30.9 Å². The van der Waals surface area contributed by atoms with Crippen molar-refractivity contribution in [2.24, 2.45) is 0 Å². The van der Waals surface area contributed by atoms with Crippen molar-refractivity contribution in [3.63, 3.8) is 0 Å². The number of fused-ring (bicyclic) bond motifs is 1. The molecule has 196 valence electrons. The molecule has 4 heterocycles. The summed E-state index contributed by atoms with van der Waals surface area (Å²) in [4.78, 5) is 10.5. The standard InChI is InChI=1S/C31H34N4O3/c1-23(38-27-11-17-36-18-12-27)4-7-25(3-2-13-32)28-10-14-33-31-29(28)21-30(34-31)26-8-5-24(6-9-26)22-35-15-19-37-20-16-35/h2-10,14,21,27H,11-12,15-20,22H2,1H3,(H,33,34)/b3-2+,23-4+,25-7+. The van der Waals surface area contributed by atoms with Crippen molar-refractivity contribution >= 4 is 16.6 Å². The largest absolute Gasteiger partial charge is 0.495 e. The number of rotatable bonds is 8. The Kier molecular flexibility index (Phi) is 8.67. The number of hydrogen-bond acceptors (Lipinski definition) is 6. The van der Waals surface area contributed by atoms with Gasteiger partial charge in [-0.1, -0.05) is 30.3 Å². The Hall–Kier alpha value is -3.70. The average Bonchev–Trinajstić information content (AvgIpc) is 3.40. The molecule has 2 aliphatic heterocycles. The number of ether oxygens (including phenoxy) is 3. The van der Waals surface area contributed by atoms with Crippen LogP contribution >= 0.6 is 0 Å². The molecule has 0 aliphatic carbocycles. The number of hydrogen-bond donors (Lipinski definition) is 1. The van der Waals surface area contributed by atoms with Crippen molar-refractivity contribution in [1.29, 1.82) is 5.26 Å². The van der Waals surface area contributed by atoms with Gasteiger partial charge in [-0.15, -0.1) is 0 Å². The minimum Gasteiger partial charge on any atom is -0.495 e. The second kappa shape index (κ2) is 12.7. The van der Waals surface area contributed by atoms with Crippen LogP contribution in [0.15, 0.2) is 72.7 Å². The number of pyridine rings is 1. The number of nitrogens with one attached hydrogen (secondary N) is 1. The lowest BCUT2D eigenvalue weighted by molar-refractivity contribution is -0.00335. The molecule has 0 radical (unpaired) electrons. The van der Waals surface area contributed by atoms with Gasteiger partial charge in [-0.3, -0.25) is 4.90 Å². The summed E-state index contributed by atoms with van der Waals surface area (Å²) in [7, 11) is 0. The van der Waals surface area contributed by atoms with Gasteiger partial charge in [0.25, 0.3) is 0 Å². The van der Waals surface area contributed by atoms with Gasteiger partial charge in [-0.05, 0) is 53.5 Å². The summed E-state index contributed by atoms with van der Waals surface area (Å²) >= 11 is 0. The first kappa shape index (κ1) is 25.9. The molecule has 38 heavy (non-hydrogen) atoms. The minimum absolute atomic E-state index is 0.187. The molecule has 2 saturated heterocycles. The summed E-state index contributed by atoms with van der Waals surface area (Å²) in [5.41, 5.74) is 6.14. The van der Waals surface area contributed by atoms with Gasteiger partial charge in [-0.2, -0.15) is 5.26 Å². The highest BCUT2D eigenvalue weighted by molar-refractivity contribution is 5.96. The van der Waals surface area contributed by atoms with E-state index < -0.39 is 0 Å². The maximum Gasteiger partial charge on any atom is 0.138 e. The zero-order chi connectivity index (χ0) is 26.2. The Morgan fingerprint density at radius 2 is 1.87 bits per heavy atom. The van der Waals surface area contributed by atoms with E-state index in [9.17, 15) is 5.26 Å². The number of nitriles is 1. The molecule has 2 aromatic heterocycles. The van der Waals surface area contributed by atoms with Gasteiger partial charge >= 0.3 is 0 Å². The molecular weight excluding hydrogens is 476 g/mol. The number of morpholine rings is 1. The fourth-order valence-corrected chi connectivity index (χ4v) is 4.91. The molecule has 0 unspecified atom stereocenters. The zero-order valence-corrected chi connectivity index (χ0v) is 21.9. The summed E-state index contributed by atoms with van der Waals surface area (Å²) in [5, 5.41) is 10.2. The average molecular weight is 511 g/mol. The molecule has 7 heteroatoms. The van der Waals surface area contributed by atoms with Crippen LogP contribution in [0.4, 0.5) is 0 Å². The lowest BCUT2D eigenvalue weighted by atomic mass is 10.0. The Balaban J connectivity index is 1.38. The van der Waals surface area contributed by atoms with Crippen LogP contribution in [-0.2, 0) is 20.8 Å². The third-order valence-corrected chi connectivity index (χ3v) is 6.97. The van der Waals surface area contributed by atoms with Crippen LogP contribution in [0.5, 0.6) is 0 Å². The van der Waals surface area contributed by atoms with E-state index in [0.717, 1.165) is 98.1 Å². The molecule has 0 saturated carbocycles. The van der Waals surface area contributed by atoms with Gasteiger partial charge in [0, 0.05) is 55.8 Å². The molecule has 2 fully saturated rings. The summed E-state index contributed by atoms with van der Waals surface area (Å²) in [6.45, 7) is 7.96. The van der Waals surface area contributed by atoms with Crippen molar-refractivity contribution in [3.8, 4) is 17.3 Å². The third-order valence-electron chi connectivity index (χ3n) is 6.97. The number of nitrogens with zero attached hydrogens (tertiary/aromatic N) is 3. The Labute approximate surface area is 224 Å². The lowest BCUT2D eigenvalue weighted by Gasteiger charge is -2.26. The fraction of sp³-hybridized carbons (Fsp3) is 0.355. The van der Waals surface area contributed by atoms with E-state index in [4.69, 9.17) is 14.2 Å². The molecule has 0 bridgehead atoms. The van der Waals surface area contributed by atoms with Gasteiger partial charge in [0.15, 0.2) is 0 Å². The third kappa shape index (κ3) is 6.59. The van der Waals surface area contributed by atoms with Crippen molar-refractivity contribution in [2.75, 3.05) is 39.5 Å². The summed E-state index contributed by atoms with van der Waals surface area (Å²) < 4.78 is 17.0. The monoisotopic (exact) mass is 510 g/mol. The van der Waals surface area contributed by atoms with Gasteiger partial charge in [0.05, 0.1) is 38.3 Å². The number of allylic oxidation sites excluding steroid dienone is 6. The van der Waals surface area contributed by atoms with E-state index in [1.54, 1.807) is 6.20 Å². The molecule has 1 N–H and O–H groups in total. The second-order valence-corrected chi connectivity index (χ2v) is 9.68. The van der Waals surface area contributed by atoms with Crippen molar-refractivity contribution in [3.05, 3.63) is 83.8 Å². The first-order valence-electron chi connectivity index (χ1n) is 13.3. The van der Waals surface area contributed by atoms with Crippen molar-refractivity contribution < 1.29 is 14.2 Å². The number of H-pyrrole nitrogens is 1. The van der Waals surface area contributed by atoms with Crippen molar-refractivity contribution in [1.82, 2.24) is 14.9 Å². The highest BCUT2D eigenvalue weighted by Gasteiger charge is 2.15. The van der Waals surface area contributed by atoms with E-state index >= 15 is 0 Å². The maximum atomic E-state index is 9.20. The molecular formula is C31H34N4O3. The second-order valence-electron chi connectivity index (χ2n) is 9.68. The first-order valence-corrected chi connectivity index (χ1v) is 13.3. The Bertz CT molecular complexity index is 1350. The number of aromatic amines is 1. The lowest BCUT2D eigenvalue weighted by Crippen LogP contribution is -2.35. The molecule has 2 aliphatic rings. The van der Waals surface area contributed by atoms with Gasteiger partial charge in [0.2, 0.25) is 0 Å². The predicted octanol–water partition coefficient (Wildman–Crippen LogP) is 5.62. The van der Waals surface area contributed by atoms with E-state index in [2.05, 4.69) is 51.3 Å². The van der Waals surface area contributed by atoms with Crippen LogP contribution in [0.3, 0.4) is 0 Å². The SMILES string of the molecule is C\C(=C/C=C(\C=C\C#N)c1ccnc2[nH]c(-c3ccc(CN4CCOCC4)cc3)cc12)OC1CCOCC1. The maximum absolute atomic E-state index is 9.20. The van der Waals surface area contributed by atoms with Gasteiger partial charge in [-0.25, -0.2) is 4.98 Å². The number of aromatic nitrogens is 2.